The molecule has 0 aromatic rings. The van der Waals surface area contributed by atoms with Crippen molar-refractivity contribution in [2.45, 2.75) is 59.0 Å². The van der Waals surface area contributed by atoms with Crippen LogP contribution >= 0.6 is 0 Å². The maximum Gasteiger partial charge on any atom is 0.00691 e. The molecule has 2 heteroatoms. The van der Waals surface area contributed by atoms with Gasteiger partial charge in [-0.2, -0.15) is 0 Å². The molecule has 0 aliphatic carbocycles. The molecule has 86 valence electrons. The Morgan fingerprint density at radius 3 is 2.07 bits per heavy atom. The van der Waals surface area contributed by atoms with Crippen molar-refractivity contribution in [3.8, 4) is 0 Å². The molecular formula is C12H28N2. The summed E-state index contributed by atoms with van der Waals surface area (Å²) in [5.41, 5.74) is 5.52. The highest BCUT2D eigenvalue weighted by Gasteiger charge is 2.15. The van der Waals surface area contributed by atoms with Crippen LogP contribution in [0.15, 0.2) is 0 Å². The van der Waals surface area contributed by atoms with Gasteiger partial charge in [0.15, 0.2) is 0 Å². The van der Waals surface area contributed by atoms with E-state index in [1.54, 1.807) is 0 Å². The van der Waals surface area contributed by atoms with Crippen molar-refractivity contribution >= 4 is 0 Å². The molecule has 2 atom stereocenters. The zero-order valence-corrected chi connectivity index (χ0v) is 10.6. The molecule has 2 N–H and O–H groups in total. The summed E-state index contributed by atoms with van der Waals surface area (Å²) in [5.74, 6) is 0.786. The average Bonchev–Trinajstić information content (AvgIpc) is 2.11. The number of nitrogens with two attached hydrogens (primary N) is 1. The van der Waals surface area contributed by atoms with Crippen LogP contribution in [0.25, 0.3) is 0 Å². The predicted molar refractivity (Wildman–Crippen MR) is 64.4 cm³/mol. The third-order valence-corrected chi connectivity index (χ3v) is 3.03. The molecule has 0 rings (SSSR count). The molecule has 0 aromatic carbocycles. The lowest BCUT2D eigenvalue weighted by Crippen LogP contribution is -2.37. The Labute approximate surface area is 89.9 Å². The summed E-state index contributed by atoms with van der Waals surface area (Å²) in [6.07, 6.45) is 3.64. The van der Waals surface area contributed by atoms with Crippen LogP contribution in [0.3, 0.4) is 0 Å². The molecule has 0 saturated carbocycles. The van der Waals surface area contributed by atoms with Crippen molar-refractivity contribution in [3.05, 3.63) is 0 Å². The Morgan fingerprint density at radius 1 is 1.07 bits per heavy atom. The van der Waals surface area contributed by atoms with E-state index in [1.807, 2.05) is 0 Å². The third-order valence-electron chi connectivity index (χ3n) is 3.03. The van der Waals surface area contributed by atoms with E-state index in [-0.39, 0.29) is 0 Å². The molecule has 2 nitrogen and oxygen atoms in total. The Kier molecular flexibility index (Phi) is 7.20. The molecule has 0 bridgehead atoms. The fraction of sp³-hybridized carbons (Fsp3) is 1.00. The van der Waals surface area contributed by atoms with Crippen molar-refractivity contribution in [3.63, 3.8) is 0 Å². The Hall–Kier alpha value is -0.0800. The molecule has 2 unspecified atom stereocenters. The van der Waals surface area contributed by atoms with E-state index in [0.717, 1.165) is 18.9 Å². The second kappa shape index (κ2) is 7.24. The van der Waals surface area contributed by atoms with Crippen LogP contribution in [0.2, 0.25) is 0 Å². The van der Waals surface area contributed by atoms with E-state index in [9.17, 15) is 0 Å². The van der Waals surface area contributed by atoms with Gasteiger partial charge in [0.25, 0.3) is 0 Å². The lowest BCUT2D eigenvalue weighted by atomic mass is 10.0. The maximum absolute atomic E-state index is 5.52. The van der Waals surface area contributed by atoms with Gasteiger partial charge >= 0.3 is 0 Å². The summed E-state index contributed by atoms with van der Waals surface area (Å²) < 4.78 is 0. The molecule has 0 aliphatic heterocycles. The quantitative estimate of drug-likeness (QED) is 0.684. The van der Waals surface area contributed by atoms with Gasteiger partial charge in [0.2, 0.25) is 0 Å². The average molecular weight is 200 g/mol. The minimum atomic E-state index is 0.660. The van der Waals surface area contributed by atoms with E-state index in [0.29, 0.717) is 12.1 Å². The van der Waals surface area contributed by atoms with Crippen LogP contribution < -0.4 is 5.73 Å². The first-order valence-corrected chi connectivity index (χ1v) is 5.91. The van der Waals surface area contributed by atoms with Gasteiger partial charge in [-0.3, -0.25) is 0 Å². The van der Waals surface area contributed by atoms with Crippen molar-refractivity contribution < 1.29 is 0 Å². The summed E-state index contributed by atoms with van der Waals surface area (Å²) in [6, 6.07) is 1.34. The summed E-state index contributed by atoms with van der Waals surface area (Å²) >= 11 is 0. The van der Waals surface area contributed by atoms with Gasteiger partial charge in [-0.25, -0.2) is 0 Å². The predicted octanol–water partition coefficient (Wildman–Crippen LogP) is 2.48. The molecule has 0 aromatic heterocycles. The van der Waals surface area contributed by atoms with E-state index >= 15 is 0 Å². The van der Waals surface area contributed by atoms with Gasteiger partial charge in [-0.1, -0.05) is 13.8 Å². The Balaban J connectivity index is 3.84. The van der Waals surface area contributed by atoms with E-state index in [4.69, 9.17) is 5.73 Å². The zero-order valence-electron chi connectivity index (χ0n) is 10.6. The van der Waals surface area contributed by atoms with Crippen molar-refractivity contribution in [2.75, 3.05) is 13.6 Å². The lowest BCUT2D eigenvalue weighted by molar-refractivity contribution is 0.166. The SMILES string of the molecule is CC(C)CC(C)N(C)C(C)CCCN. The first kappa shape index (κ1) is 13.9. The third kappa shape index (κ3) is 5.61. The maximum atomic E-state index is 5.52. The molecule has 0 saturated heterocycles. The topological polar surface area (TPSA) is 29.3 Å². The highest BCUT2D eigenvalue weighted by Crippen LogP contribution is 2.14. The van der Waals surface area contributed by atoms with Gasteiger partial charge in [0, 0.05) is 12.1 Å². The summed E-state index contributed by atoms with van der Waals surface area (Å²) in [5, 5.41) is 0. The highest BCUT2D eigenvalue weighted by molar-refractivity contribution is 4.71. The molecule has 0 heterocycles. The monoisotopic (exact) mass is 200 g/mol. The lowest BCUT2D eigenvalue weighted by Gasteiger charge is -2.31. The minimum absolute atomic E-state index is 0.660. The van der Waals surface area contributed by atoms with Gasteiger partial charge in [-0.15, -0.1) is 0 Å². The van der Waals surface area contributed by atoms with E-state index in [1.165, 1.54) is 12.8 Å². The molecule has 0 fully saturated rings. The van der Waals surface area contributed by atoms with Crippen molar-refractivity contribution in [2.24, 2.45) is 11.7 Å². The number of nitrogens with zero attached hydrogens (tertiary/aromatic N) is 1. The van der Waals surface area contributed by atoms with Crippen LogP contribution in [0.5, 0.6) is 0 Å². The minimum Gasteiger partial charge on any atom is -0.330 e. The van der Waals surface area contributed by atoms with Crippen LogP contribution in [0.4, 0.5) is 0 Å². The number of rotatable bonds is 7. The second-order valence-corrected chi connectivity index (χ2v) is 4.92. The second-order valence-electron chi connectivity index (χ2n) is 4.92. The van der Waals surface area contributed by atoms with Crippen LogP contribution in [-0.4, -0.2) is 30.6 Å². The number of hydrogen-bond acceptors (Lipinski definition) is 2. The van der Waals surface area contributed by atoms with Gasteiger partial charge < -0.3 is 10.6 Å². The fourth-order valence-electron chi connectivity index (χ4n) is 1.90. The van der Waals surface area contributed by atoms with Gasteiger partial charge in [0.1, 0.15) is 0 Å². The Morgan fingerprint density at radius 2 is 1.64 bits per heavy atom. The van der Waals surface area contributed by atoms with Crippen molar-refractivity contribution in [1.82, 2.24) is 4.90 Å². The summed E-state index contributed by atoms with van der Waals surface area (Å²) in [6.45, 7) is 10.0. The molecule has 0 amide bonds. The molecule has 0 spiro atoms. The normalized spacial score (nSPS) is 16.3. The van der Waals surface area contributed by atoms with Crippen LogP contribution in [0, 0.1) is 5.92 Å². The first-order valence-electron chi connectivity index (χ1n) is 5.91. The Bertz CT molecular complexity index is 134. The molecule has 14 heavy (non-hydrogen) atoms. The first-order chi connectivity index (χ1) is 6.49. The molecular weight excluding hydrogens is 172 g/mol. The summed E-state index contributed by atoms with van der Waals surface area (Å²) in [7, 11) is 2.23. The zero-order chi connectivity index (χ0) is 11.1. The van der Waals surface area contributed by atoms with Crippen LogP contribution in [0.1, 0.15) is 47.0 Å². The fourth-order valence-corrected chi connectivity index (χ4v) is 1.90. The van der Waals surface area contributed by atoms with Gasteiger partial charge in [0.05, 0.1) is 0 Å². The van der Waals surface area contributed by atoms with E-state index in [2.05, 4.69) is 39.6 Å². The highest BCUT2D eigenvalue weighted by atomic mass is 15.1. The largest absolute Gasteiger partial charge is 0.330 e. The van der Waals surface area contributed by atoms with Crippen molar-refractivity contribution in [1.29, 1.82) is 0 Å². The van der Waals surface area contributed by atoms with E-state index < -0.39 is 0 Å². The van der Waals surface area contributed by atoms with Crippen LogP contribution in [-0.2, 0) is 0 Å². The summed E-state index contributed by atoms with van der Waals surface area (Å²) in [4.78, 5) is 2.48. The standard InChI is InChI=1S/C12H28N2/c1-10(2)9-12(4)14(5)11(3)7-6-8-13/h10-12H,6-9,13H2,1-5H3. The van der Waals surface area contributed by atoms with Gasteiger partial charge in [-0.05, 0) is 52.6 Å². The molecule has 0 radical (unpaired) electrons. The smallest absolute Gasteiger partial charge is 0.00691 e. The molecule has 0 aliphatic rings. The number of hydrogen-bond donors (Lipinski definition) is 1.